The second-order valence-electron chi connectivity index (χ2n) is 0. The van der Waals surface area contributed by atoms with Gasteiger partial charge in [0.05, 0.1) is 0 Å². The first kappa shape index (κ1) is 1430000. The first-order chi connectivity index (χ1) is 0. The summed E-state index contributed by atoms with van der Waals surface area (Å²) in [6.45, 7) is 0. The van der Waals surface area contributed by atoms with Crippen LogP contribution in [0.3, 0.4) is 0 Å². The third-order valence-electron chi connectivity index (χ3n) is 0. The predicted octanol–water partition coefficient (Wildman–Crippen LogP) is 45.8. The Kier molecular flexibility index (Phi) is 27000000000. The number of hydrogen-bond acceptors (Lipinski definition) is 0. The summed E-state index contributed by atoms with van der Waals surface area (Å²) in [7, 11) is 0. The molecule has 0 aromatic rings. The molecule has 0 fully saturated rings. The summed E-state index contributed by atoms with van der Waals surface area (Å²) >= 11 is 0. The van der Waals surface area contributed by atoms with Crippen LogP contribution in [0.2, 0.25) is 0 Å². The van der Waals surface area contributed by atoms with Crippen LogP contribution < -0.4 is 0 Å². The van der Waals surface area contributed by atoms with Gasteiger partial charge in [0.1, 0.15) is 0 Å². The molecule has 0 saturated carbocycles. The van der Waals surface area contributed by atoms with Crippen LogP contribution >= 0.6 is 0 Å². The van der Waals surface area contributed by atoms with E-state index in [-0.39, 0.29) is 552 Å². The van der Waals surface area contributed by atoms with E-state index in [9.17, 15) is 0 Å². The topological polar surface area (TPSA) is 0 Å². The Morgan fingerprint density at radius 2 is 0.0274 bits per heavy atom. The third-order valence-corrected chi connectivity index (χ3v) is 0. The fraction of sp³-hybridized carbons (Fsp3) is 1.00. The predicted molar refractivity (Wildman–Crippen MR) is 485 cm³/mol. The Morgan fingerprint density at radius 1 is 0.0274 bits per heavy atom. The van der Waals surface area contributed by atoms with Crippen molar-refractivity contribution < 1.29 is 17.1 Å². The van der Waals surface area contributed by atoms with Gasteiger partial charge in [0.2, 0.25) is 0 Å². The van der Waals surface area contributed by atoms with Crippen LogP contribution in [0.1, 0.15) is 535 Å². The third kappa shape index (κ3) is 1340000. The van der Waals surface area contributed by atoms with E-state index in [1.165, 1.54) is 0 Å². The SMILES string of the molecule is C.C.C.C.C.C.C.C.C.C.C.C.C.C.C.C.C.C.C.C.C.C.C.C.C.C.C.C.C.C.C.C.C.C.C.C.C.C.C.C.C.C.C.C.C.C.C.C.C.C.C.C.C.C.C.C.C.C.C.C.C.C.C.C.C.C.C.C.C.C.C.C.[Fe]. The number of rotatable bonds is 0. The van der Waals surface area contributed by atoms with Crippen molar-refractivity contribution in [1.29, 1.82) is 0 Å². The summed E-state index contributed by atoms with van der Waals surface area (Å²) in [5.41, 5.74) is 0. The van der Waals surface area contributed by atoms with Gasteiger partial charge >= 0.3 is 0 Å². The Hall–Kier alpha value is 0.519. The standard InChI is InChI=1S/72CH4.Fe/h72*1H4;. The summed E-state index contributed by atoms with van der Waals surface area (Å²) in [4.78, 5) is 0. The smallest absolute Gasteiger partial charge is 0 e. The molecule has 0 bridgehead atoms. The van der Waals surface area contributed by atoms with E-state index in [0.717, 1.165) is 0 Å². The van der Waals surface area contributed by atoms with Crippen molar-refractivity contribution in [3.63, 3.8) is 0 Å². The Balaban J connectivity index is 0. The molecule has 0 aromatic heterocycles. The summed E-state index contributed by atoms with van der Waals surface area (Å²) in [6, 6.07) is 0. The van der Waals surface area contributed by atoms with Crippen molar-refractivity contribution in [1.82, 2.24) is 0 Å². The average molecular weight is 1210 g/mol. The van der Waals surface area contributed by atoms with Crippen LogP contribution in [0.5, 0.6) is 0 Å². The van der Waals surface area contributed by atoms with E-state index in [4.69, 9.17) is 0 Å². The monoisotopic (exact) mass is 1210 g/mol. The van der Waals surface area contributed by atoms with E-state index in [1.807, 2.05) is 0 Å². The molecule has 1 heteroatoms. The van der Waals surface area contributed by atoms with Crippen molar-refractivity contribution in [2.45, 2.75) is 535 Å². The van der Waals surface area contributed by atoms with Gasteiger partial charge in [-0.05, 0) is 0 Å². The molecular weight excluding hydrogens is 921 g/mol. The Morgan fingerprint density at radius 3 is 0.0274 bits per heavy atom. The van der Waals surface area contributed by atoms with E-state index >= 15 is 0 Å². The molecule has 0 aromatic carbocycles. The summed E-state index contributed by atoms with van der Waals surface area (Å²) < 4.78 is 0. The van der Waals surface area contributed by atoms with Crippen LogP contribution in [0.4, 0.5) is 0 Å². The minimum Gasteiger partial charge on any atom is -0.0776 e. The van der Waals surface area contributed by atoms with Crippen LogP contribution in [0.25, 0.3) is 0 Å². The van der Waals surface area contributed by atoms with Gasteiger partial charge in [-0.2, -0.15) is 0 Å². The first-order valence-corrected chi connectivity index (χ1v) is 0. The summed E-state index contributed by atoms with van der Waals surface area (Å²) in [5.74, 6) is 0. The van der Waals surface area contributed by atoms with Gasteiger partial charge in [-0.3, -0.25) is 0 Å². The van der Waals surface area contributed by atoms with Crippen molar-refractivity contribution in [2.24, 2.45) is 0 Å². The van der Waals surface area contributed by atoms with E-state index in [0.29, 0.717) is 0 Å². The van der Waals surface area contributed by atoms with E-state index in [2.05, 4.69) is 0 Å². The molecule has 0 atom stereocenters. The van der Waals surface area contributed by atoms with Crippen molar-refractivity contribution in [3.8, 4) is 0 Å². The first-order valence-electron chi connectivity index (χ1n) is 0. The van der Waals surface area contributed by atoms with Crippen molar-refractivity contribution in [3.05, 3.63) is 0 Å². The van der Waals surface area contributed by atoms with Gasteiger partial charge in [-0.1, -0.05) is 535 Å². The minimum atomic E-state index is 0. The largest absolute Gasteiger partial charge is 0.0776 e. The van der Waals surface area contributed by atoms with Crippen LogP contribution in [-0.4, -0.2) is 0 Å². The van der Waals surface area contributed by atoms with Gasteiger partial charge in [-0.15, -0.1) is 0 Å². The molecule has 0 spiro atoms. The van der Waals surface area contributed by atoms with Gasteiger partial charge in [0.15, 0.2) is 0 Å². The number of hydrogen-bond donors (Lipinski definition) is 0. The second-order valence-corrected chi connectivity index (χ2v) is 0. The van der Waals surface area contributed by atoms with Crippen molar-refractivity contribution in [2.75, 3.05) is 0 Å². The van der Waals surface area contributed by atoms with Crippen LogP contribution in [-0.2, 0) is 17.1 Å². The molecule has 0 unspecified atom stereocenters. The van der Waals surface area contributed by atoms with Gasteiger partial charge in [-0.25, -0.2) is 0 Å². The maximum absolute atomic E-state index is 0. The molecule has 0 saturated heterocycles. The molecule has 0 N–H and O–H groups in total. The minimum absolute atomic E-state index is 0. The molecule has 0 rings (SSSR count). The van der Waals surface area contributed by atoms with Gasteiger partial charge < -0.3 is 0 Å². The van der Waals surface area contributed by atoms with Gasteiger partial charge in [0, 0.05) is 17.1 Å². The second kappa shape index (κ2) is 1370000. The van der Waals surface area contributed by atoms with Crippen molar-refractivity contribution >= 4 is 0 Å². The molecule has 584 valence electrons. The molecule has 0 nitrogen and oxygen atoms in total. The normalized spacial score (nSPS) is 0. The van der Waals surface area contributed by atoms with E-state index in [1.54, 1.807) is 0 Å². The Bertz CT molecular complexity index is 7.62. The van der Waals surface area contributed by atoms with Crippen LogP contribution in [0, 0.1) is 0 Å². The van der Waals surface area contributed by atoms with Gasteiger partial charge in [0.25, 0.3) is 0 Å². The maximum atomic E-state index is 0. The maximum Gasteiger partial charge on any atom is 0 e. The molecular formula is C72H288Fe. The zero-order chi connectivity index (χ0) is 0. The quantitative estimate of drug-likeness (QED) is 0.212. The summed E-state index contributed by atoms with van der Waals surface area (Å²) in [5, 5.41) is 0. The molecule has 73 heavy (non-hydrogen) atoms. The zero-order valence-corrected chi connectivity index (χ0v) is 1.46. The van der Waals surface area contributed by atoms with E-state index < -0.39 is 0 Å². The molecule has 0 heterocycles. The average Bonchev–Trinajstić information content (AvgIpc) is 0. The molecule has 0 radical (unpaired) electrons. The zero-order valence-electron chi connectivity index (χ0n) is 0.354. The Labute approximate surface area is 549 Å². The molecule has 0 amide bonds. The summed E-state index contributed by atoms with van der Waals surface area (Å²) in [6.07, 6.45) is 0. The fourth-order valence-corrected chi connectivity index (χ4v) is 0. The molecule has 0 aliphatic heterocycles. The molecule has 0 aliphatic carbocycles. The van der Waals surface area contributed by atoms with Crippen LogP contribution in [0.15, 0.2) is 0 Å². The molecule has 0 aliphatic rings. The fourth-order valence-electron chi connectivity index (χ4n) is 0.